The second kappa shape index (κ2) is 15.9. The molecule has 0 spiro atoms. The molecule has 3 nitrogen and oxygen atoms in total. The predicted molar refractivity (Wildman–Crippen MR) is 81.7 cm³/mol. The lowest BCUT2D eigenvalue weighted by atomic mass is 10.1. The third-order valence-electron chi connectivity index (χ3n) is 3.41. The first-order valence-corrected chi connectivity index (χ1v) is 8.25. The number of ether oxygens (including phenoxy) is 1. The molecule has 0 radical (unpaired) electrons. The summed E-state index contributed by atoms with van der Waals surface area (Å²) in [7, 11) is 1.67. The molecule has 19 heavy (non-hydrogen) atoms. The number of unbranched alkanes of at least 4 members (excludes halogenated alkanes) is 9. The van der Waals surface area contributed by atoms with Crippen LogP contribution in [0.1, 0.15) is 77.6 Å². The third-order valence-corrected chi connectivity index (χ3v) is 3.41. The van der Waals surface area contributed by atoms with Crippen LogP contribution in [0.25, 0.3) is 0 Å². The van der Waals surface area contributed by atoms with Crippen molar-refractivity contribution in [3.63, 3.8) is 0 Å². The minimum Gasteiger partial charge on any atom is -0.381 e. The Kier molecular flexibility index (Phi) is 15.8. The van der Waals surface area contributed by atoms with Crippen LogP contribution >= 0.6 is 0 Å². The highest BCUT2D eigenvalue weighted by molar-refractivity contribution is 4.47. The van der Waals surface area contributed by atoms with Gasteiger partial charge in [0.25, 0.3) is 0 Å². The summed E-state index contributed by atoms with van der Waals surface area (Å²) in [6.45, 7) is 4.61. The number of hydrogen-bond donors (Lipinski definition) is 1. The van der Waals surface area contributed by atoms with Crippen molar-refractivity contribution in [3.8, 4) is 0 Å². The van der Waals surface area contributed by atoms with Crippen molar-refractivity contribution in [1.29, 1.82) is 0 Å². The molecule has 0 atom stereocenters. The van der Waals surface area contributed by atoms with Gasteiger partial charge in [-0.25, -0.2) is 0 Å². The summed E-state index contributed by atoms with van der Waals surface area (Å²) in [5, 5.41) is 10.1. The molecule has 0 aliphatic carbocycles. The molecule has 0 saturated carbocycles. The van der Waals surface area contributed by atoms with Crippen molar-refractivity contribution in [1.82, 2.24) is 5.06 Å². The molecule has 116 valence electrons. The van der Waals surface area contributed by atoms with E-state index in [1.165, 1.54) is 69.3 Å². The Morgan fingerprint density at radius 2 is 1.21 bits per heavy atom. The van der Waals surface area contributed by atoms with Crippen LogP contribution in [0.2, 0.25) is 0 Å². The Labute approximate surface area is 120 Å². The van der Waals surface area contributed by atoms with Gasteiger partial charge in [0, 0.05) is 26.8 Å². The van der Waals surface area contributed by atoms with E-state index in [0.29, 0.717) is 6.54 Å². The van der Waals surface area contributed by atoms with E-state index in [1.807, 2.05) is 0 Å². The van der Waals surface area contributed by atoms with Gasteiger partial charge in [0.15, 0.2) is 0 Å². The first-order chi connectivity index (χ1) is 9.27. The summed E-state index contributed by atoms with van der Waals surface area (Å²) in [6, 6.07) is 0. The second-order valence-corrected chi connectivity index (χ2v) is 5.53. The van der Waals surface area contributed by atoms with Gasteiger partial charge >= 0.3 is 0 Å². The van der Waals surface area contributed by atoms with Crippen molar-refractivity contribution >= 4 is 0 Å². The lowest BCUT2D eigenvalue weighted by Crippen LogP contribution is -2.15. The minimum atomic E-state index is 0.692. The molecule has 0 aromatic carbocycles. The number of rotatable bonds is 15. The summed E-state index contributed by atoms with van der Waals surface area (Å²) in [5.41, 5.74) is 0. The van der Waals surface area contributed by atoms with Crippen LogP contribution in [0.3, 0.4) is 0 Å². The largest absolute Gasteiger partial charge is 0.381 e. The zero-order valence-electron chi connectivity index (χ0n) is 13.2. The SMILES string of the molecule is CCCCCCCCCCCCOCCCN(C)O. The van der Waals surface area contributed by atoms with Crippen molar-refractivity contribution in [2.45, 2.75) is 77.6 Å². The summed E-state index contributed by atoms with van der Waals surface area (Å²) < 4.78 is 5.52. The van der Waals surface area contributed by atoms with Crippen molar-refractivity contribution in [3.05, 3.63) is 0 Å². The van der Waals surface area contributed by atoms with Gasteiger partial charge in [-0.1, -0.05) is 64.7 Å². The molecule has 3 heteroatoms. The maximum atomic E-state index is 8.92. The fourth-order valence-corrected chi connectivity index (χ4v) is 2.19. The molecule has 0 saturated heterocycles. The third kappa shape index (κ3) is 17.9. The van der Waals surface area contributed by atoms with Gasteiger partial charge in [-0.05, 0) is 12.8 Å². The number of hydroxylamine groups is 2. The summed E-state index contributed by atoms with van der Waals surface area (Å²) >= 11 is 0. The highest BCUT2D eigenvalue weighted by atomic mass is 16.5. The first kappa shape index (κ1) is 18.9. The smallest absolute Gasteiger partial charge is 0.0479 e. The lowest BCUT2D eigenvalue weighted by Gasteiger charge is -2.08. The highest BCUT2D eigenvalue weighted by Crippen LogP contribution is 2.10. The van der Waals surface area contributed by atoms with Gasteiger partial charge in [-0.3, -0.25) is 0 Å². The molecule has 0 aromatic rings. The minimum absolute atomic E-state index is 0.692. The number of hydrogen-bond acceptors (Lipinski definition) is 3. The molecular weight excluding hydrogens is 238 g/mol. The topological polar surface area (TPSA) is 32.7 Å². The maximum absolute atomic E-state index is 8.92. The van der Waals surface area contributed by atoms with E-state index in [2.05, 4.69) is 6.92 Å². The van der Waals surface area contributed by atoms with E-state index in [0.717, 1.165) is 19.6 Å². The molecule has 0 rings (SSSR count). The Morgan fingerprint density at radius 1 is 0.737 bits per heavy atom. The number of nitrogens with zero attached hydrogens (tertiary/aromatic N) is 1. The first-order valence-electron chi connectivity index (χ1n) is 8.25. The molecule has 0 aliphatic heterocycles. The zero-order chi connectivity index (χ0) is 14.2. The van der Waals surface area contributed by atoms with E-state index >= 15 is 0 Å². The van der Waals surface area contributed by atoms with E-state index < -0.39 is 0 Å². The molecule has 0 fully saturated rings. The normalized spacial score (nSPS) is 11.4. The average molecular weight is 273 g/mol. The van der Waals surface area contributed by atoms with E-state index in [9.17, 15) is 0 Å². The Bertz CT molecular complexity index is 163. The Hall–Kier alpha value is -0.120. The molecule has 0 amide bonds. The van der Waals surface area contributed by atoms with E-state index in [1.54, 1.807) is 7.05 Å². The molecule has 0 aromatic heterocycles. The van der Waals surface area contributed by atoms with Crippen LogP contribution in [-0.4, -0.2) is 37.1 Å². The van der Waals surface area contributed by atoms with Gasteiger partial charge in [0.1, 0.15) is 0 Å². The summed E-state index contributed by atoms with van der Waals surface area (Å²) in [5.74, 6) is 0. The van der Waals surface area contributed by atoms with Gasteiger partial charge in [0.2, 0.25) is 0 Å². The molecular formula is C16H35NO2. The fourth-order valence-electron chi connectivity index (χ4n) is 2.19. The summed E-state index contributed by atoms with van der Waals surface area (Å²) in [6.07, 6.45) is 14.6. The highest BCUT2D eigenvalue weighted by Gasteiger charge is 1.94. The van der Waals surface area contributed by atoms with Gasteiger partial charge in [-0.15, -0.1) is 0 Å². The quantitative estimate of drug-likeness (QED) is 0.349. The lowest BCUT2D eigenvalue weighted by molar-refractivity contribution is -0.0694. The molecule has 0 unspecified atom stereocenters. The molecule has 1 N–H and O–H groups in total. The van der Waals surface area contributed by atoms with Gasteiger partial charge in [-0.2, -0.15) is 5.06 Å². The zero-order valence-corrected chi connectivity index (χ0v) is 13.2. The Morgan fingerprint density at radius 3 is 1.74 bits per heavy atom. The van der Waals surface area contributed by atoms with Crippen LogP contribution in [-0.2, 0) is 4.74 Å². The van der Waals surface area contributed by atoms with E-state index in [4.69, 9.17) is 9.94 Å². The van der Waals surface area contributed by atoms with Crippen LogP contribution in [0.15, 0.2) is 0 Å². The van der Waals surface area contributed by atoms with Crippen molar-refractivity contribution < 1.29 is 9.94 Å². The van der Waals surface area contributed by atoms with Crippen molar-refractivity contribution in [2.75, 3.05) is 26.8 Å². The Balaban J connectivity index is 2.91. The van der Waals surface area contributed by atoms with Crippen LogP contribution in [0.5, 0.6) is 0 Å². The van der Waals surface area contributed by atoms with E-state index in [-0.39, 0.29) is 0 Å². The van der Waals surface area contributed by atoms with Crippen molar-refractivity contribution in [2.24, 2.45) is 0 Å². The van der Waals surface area contributed by atoms with Gasteiger partial charge in [0.05, 0.1) is 0 Å². The molecule has 0 heterocycles. The van der Waals surface area contributed by atoms with Crippen LogP contribution in [0.4, 0.5) is 0 Å². The fraction of sp³-hybridized carbons (Fsp3) is 1.00. The maximum Gasteiger partial charge on any atom is 0.0479 e. The monoisotopic (exact) mass is 273 g/mol. The average Bonchev–Trinajstić information content (AvgIpc) is 2.39. The second-order valence-electron chi connectivity index (χ2n) is 5.53. The summed E-state index contributed by atoms with van der Waals surface area (Å²) in [4.78, 5) is 0. The standard InChI is InChI=1S/C16H35NO2/c1-3-4-5-6-7-8-9-10-11-12-15-19-16-13-14-17(2)18/h18H,3-16H2,1-2H3. The van der Waals surface area contributed by atoms with Crippen LogP contribution in [0, 0.1) is 0 Å². The predicted octanol–water partition coefficient (Wildman–Crippen LogP) is 4.64. The molecule has 0 aliphatic rings. The van der Waals surface area contributed by atoms with Crippen LogP contribution < -0.4 is 0 Å². The molecule has 0 bridgehead atoms. The van der Waals surface area contributed by atoms with Gasteiger partial charge < -0.3 is 9.94 Å².